The lowest BCUT2D eigenvalue weighted by Crippen LogP contribution is -2.25. The van der Waals surface area contributed by atoms with Crippen molar-refractivity contribution in [3.05, 3.63) is 160 Å². The Kier molecular flexibility index (Phi) is 5.95. The summed E-state index contributed by atoms with van der Waals surface area (Å²) in [7, 11) is 0. The van der Waals surface area contributed by atoms with Gasteiger partial charge in [0.15, 0.2) is 0 Å². The molecule has 0 aliphatic heterocycles. The van der Waals surface area contributed by atoms with Crippen molar-refractivity contribution in [3.63, 3.8) is 0 Å². The first kappa shape index (κ1) is 29.1. The molecule has 244 valence electrons. The molecule has 0 unspecified atom stereocenters. The number of aromatic nitrogens is 3. The molecule has 5 heteroatoms. The lowest BCUT2D eigenvalue weighted by atomic mass is 9.89. The lowest BCUT2D eigenvalue weighted by Gasteiger charge is -2.15. The van der Waals surface area contributed by atoms with Gasteiger partial charge in [-0.3, -0.25) is 19.6 Å². The topological polar surface area (TPSA) is 64.8 Å². The molecule has 0 amide bonds. The first-order valence-corrected chi connectivity index (χ1v) is 17.8. The van der Waals surface area contributed by atoms with E-state index < -0.39 is 0 Å². The zero-order valence-corrected chi connectivity index (χ0v) is 28.3. The van der Waals surface area contributed by atoms with E-state index in [0.29, 0.717) is 16.5 Å². The summed E-state index contributed by atoms with van der Waals surface area (Å²) in [5.41, 5.74) is 6.99. The number of nitrogens with zero attached hydrogens (tertiary/aromatic N) is 3. The van der Waals surface area contributed by atoms with Crippen LogP contribution in [0.25, 0.3) is 104 Å². The van der Waals surface area contributed by atoms with Crippen LogP contribution < -0.4 is 11.1 Å². The Morgan fingerprint density at radius 2 is 1.00 bits per heavy atom. The fourth-order valence-corrected chi connectivity index (χ4v) is 9.11. The van der Waals surface area contributed by atoms with Gasteiger partial charge in [0.2, 0.25) is 0 Å². The molecule has 11 rings (SSSR count). The van der Waals surface area contributed by atoms with Crippen LogP contribution in [-0.4, -0.2) is 14.5 Å². The van der Waals surface area contributed by atoms with E-state index in [1.54, 1.807) is 24.8 Å². The van der Waals surface area contributed by atoms with Crippen LogP contribution in [0.2, 0.25) is 0 Å². The molecule has 0 bridgehead atoms. The molecule has 0 aliphatic carbocycles. The number of benzene rings is 7. The summed E-state index contributed by atoms with van der Waals surface area (Å²) in [5.74, 6) is 0. The van der Waals surface area contributed by atoms with Gasteiger partial charge in [-0.15, -0.1) is 0 Å². The highest BCUT2D eigenvalue weighted by Gasteiger charge is 2.30. The minimum absolute atomic E-state index is 0.281. The first-order chi connectivity index (χ1) is 25.6. The van der Waals surface area contributed by atoms with Crippen LogP contribution in [-0.2, 0) is 6.42 Å². The van der Waals surface area contributed by atoms with Gasteiger partial charge in [-0.05, 0) is 130 Å². The summed E-state index contributed by atoms with van der Waals surface area (Å²) >= 11 is 0. The molecule has 0 aliphatic rings. The van der Waals surface area contributed by atoms with Crippen LogP contribution in [0, 0.1) is 0 Å². The number of hydrogen-bond acceptors (Lipinski definition) is 4. The first-order valence-electron chi connectivity index (χ1n) is 17.8. The highest BCUT2D eigenvalue weighted by Crippen LogP contribution is 2.53. The van der Waals surface area contributed by atoms with Gasteiger partial charge in [0.05, 0.1) is 16.5 Å². The van der Waals surface area contributed by atoms with Crippen molar-refractivity contribution in [2.24, 2.45) is 0 Å². The van der Waals surface area contributed by atoms with E-state index >= 15 is 9.59 Å². The molecule has 0 N–H and O–H groups in total. The molecule has 0 atom stereocenters. The molecule has 0 saturated heterocycles. The van der Waals surface area contributed by atoms with Crippen molar-refractivity contribution in [2.75, 3.05) is 0 Å². The van der Waals surface area contributed by atoms with Gasteiger partial charge < -0.3 is 0 Å². The van der Waals surface area contributed by atoms with Crippen LogP contribution in [0.3, 0.4) is 0 Å². The Hall–Kier alpha value is -6.72. The molecule has 52 heavy (non-hydrogen) atoms. The van der Waals surface area contributed by atoms with Crippen LogP contribution in [0.5, 0.6) is 0 Å². The van der Waals surface area contributed by atoms with E-state index in [9.17, 15) is 0 Å². The second-order valence-electron chi connectivity index (χ2n) is 13.9. The maximum absolute atomic E-state index is 15.4. The van der Waals surface area contributed by atoms with Crippen molar-refractivity contribution in [3.8, 4) is 39.1 Å². The number of pyridine rings is 2. The summed E-state index contributed by atoms with van der Waals surface area (Å²) in [6.07, 6.45) is 8.83. The van der Waals surface area contributed by atoms with Crippen molar-refractivity contribution in [1.29, 1.82) is 0 Å². The van der Waals surface area contributed by atoms with Gasteiger partial charge in [0.1, 0.15) is 0 Å². The predicted octanol–water partition coefficient (Wildman–Crippen LogP) is 10.6. The molecule has 0 radical (unpaired) electrons. The predicted molar refractivity (Wildman–Crippen MR) is 214 cm³/mol. The molecular weight excluding hydrogens is 639 g/mol. The zero-order valence-electron chi connectivity index (χ0n) is 28.3. The van der Waals surface area contributed by atoms with Gasteiger partial charge in [-0.1, -0.05) is 86.1 Å². The minimum Gasteiger partial charge on any atom is -0.268 e. The summed E-state index contributed by atoms with van der Waals surface area (Å²) in [6.45, 7) is 2.13. The Bertz CT molecular complexity index is 3100. The summed E-state index contributed by atoms with van der Waals surface area (Å²) in [4.78, 5) is 39.4. The SMILES string of the molecule is CCCc1cccc(-c2ccccc2)c1-n1c(=O)c2c3cc(-c4ccncc4)c4ccc5ccc6c(-c7ccncc7)cc(c2c1=O)c1c6c5c4c31. The van der Waals surface area contributed by atoms with E-state index in [2.05, 4.69) is 59.4 Å². The second-order valence-corrected chi connectivity index (χ2v) is 13.9. The quantitative estimate of drug-likeness (QED) is 0.166. The van der Waals surface area contributed by atoms with E-state index in [0.717, 1.165) is 100 Å². The van der Waals surface area contributed by atoms with E-state index in [-0.39, 0.29) is 11.1 Å². The average molecular weight is 668 g/mol. The van der Waals surface area contributed by atoms with E-state index in [1.807, 2.05) is 66.7 Å². The van der Waals surface area contributed by atoms with E-state index in [4.69, 9.17) is 0 Å². The van der Waals surface area contributed by atoms with Gasteiger partial charge >= 0.3 is 0 Å². The lowest BCUT2D eigenvalue weighted by molar-refractivity contribution is 0.887. The second kappa shape index (κ2) is 10.6. The van der Waals surface area contributed by atoms with Crippen LogP contribution >= 0.6 is 0 Å². The average Bonchev–Trinajstić information content (AvgIpc) is 3.69. The van der Waals surface area contributed by atoms with Crippen LogP contribution in [0.4, 0.5) is 0 Å². The zero-order chi connectivity index (χ0) is 34.7. The smallest absolute Gasteiger partial charge is 0.266 e. The molecule has 11 aromatic rings. The standard InChI is InChI=1S/C47H29N3O2/c1-2-7-30-10-6-11-31(26-8-4-3-5-9-26)45(30)50-46(51)43-36-24-34(27-16-20-48-21-17-27)32-14-12-29-13-15-33-35(28-18-22-49-23-19-28)25-37(44(43)47(50)52)42-40(33)38(29)39(32)41(36)42/h3-6,8-25H,2,7H2,1H3. The maximum atomic E-state index is 15.4. The highest BCUT2D eigenvalue weighted by atomic mass is 16.2. The minimum atomic E-state index is -0.281. The Balaban J connectivity index is 1.41. The third-order valence-electron chi connectivity index (χ3n) is 11.2. The van der Waals surface area contributed by atoms with Crippen LogP contribution in [0.1, 0.15) is 18.9 Å². The van der Waals surface area contributed by atoms with Gasteiger partial charge in [-0.2, -0.15) is 0 Å². The number of para-hydroxylation sites is 1. The normalized spacial score (nSPS) is 12.2. The number of fused-ring (bicyclic) bond motifs is 3. The largest absolute Gasteiger partial charge is 0.268 e. The van der Waals surface area contributed by atoms with Gasteiger partial charge in [0, 0.05) is 30.4 Å². The third-order valence-corrected chi connectivity index (χ3v) is 11.2. The van der Waals surface area contributed by atoms with Crippen molar-refractivity contribution in [2.45, 2.75) is 19.8 Å². The molecule has 0 fully saturated rings. The highest BCUT2D eigenvalue weighted by molar-refractivity contribution is 6.50. The molecule has 5 nitrogen and oxygen atoms in total. The van der Waals surface area contributed by atoms with E-state index in [1.165, 1.54) is 9.95 Å². The molecule has 0 spiro atoms. The maximum Gasteiger partial charge on any atom is 0.266 e. The number of aryl methyl sites for hydroxylation is 1. The number of hydrogen-bond donors (Lipinski definition) is 0. The number of rotatable bonds is 6. The molecular formula is C47H29N3O2. The van der Waals surface area contributed by atoms with Crippen LogP contribution in [0.15, 0.2) is 144 Å². The summed E-state index contributed by atoms with van der Waals surface area (Å²) < 4.78 is 1.48. The van der Waals surface area contributed by atoms with Crippen molar-refractivity contribution < 1.29 is 0 Å². The van der Waals surface area contributed by atoms with Gasteiger partial charge in [0.25, 0.3) is 11.1 Å². The Morgan fingerprint density at radius 1 is 0.481 bits per heavy atom. The monoisotopic (exact) mass is 667 g/mol. The Labute approximate surface area is 297 Å². The molecule has 8 aromatic carbocycles. The molecule has 3 heterocycles. The molecule has 3 aromatic heterocycles. The Morgan fingerprint density at radius 3 is 1.54 bits per heavy atom. The summed E-state index contributed by atoms with van der Waals surface area (Å²) in [5, 5.41) is 11.5. The third kappa shape index (κ3) is 3.72. The van der Waals surface area contributed by atoms with Gasteiger partial charge in [-0.25, -0.2) is 4.57 Å². The van der Waals surface area contributed by atoms with Crippen molar-refractivity contribution in [1.82, 2.24) is 14.5 Å². The molecule has 0 saturated carbocycles. The fraction of sp³-hybridized carbons (Fsp3) is 0.0638. The summed E-state index contributed by atoms with van der Waals surface area (Å²) in [6, 6.07) is 37.4. The fourth-order valence-electron chi connectivity index (χ4n) is 9.11. The van der Waals surface area contributed by atoms with Crippen molar-refractivity contribution >= 4 is 64.6 Å².